The van der Waals surface area contributed by atoms with Crippen molar-refractivity contribution in [2.24, 2.45) is 7.05 Å². The molecule has 4 nitrogen and oxygen atoms in total. The Labute approximate surface area is 142 Å². The van der Waals surface area contributed by atoms with Gasteiger partial charge in [0.25, 0.3) is 0 Å². The predicted octanol–water partition coefficient (Wildman–Crippen LogP) is 4.29. The van der Waals surface area contributed by atoms with Gasteiger partial charge < -0.3 is 14.0 Å². The number of imidazole rings is 1. The molecule has 3 aromatic rings. The fourth-order valence-corrected chi connectivity index (χ4v) is 2.68. The van der Waals surface area contributed by atoms with Crippen molar-refractivity contribution >= 4 is 0 Å². The molecule has 0 unspecified atom stereocenters. The standard InChI is InChI=1S/C20H22N2O2/c1-14-5-6-15(2)17(11-14)13-24-18-8-7-16(12-19(18)23-4)20-21-9-10-22(20)3/h5-12H,13H2,1-4H3. The molecule has 0 radical (unpaired) electrons. The number of nitrogens with zero attached hydrogens (tertiary/aromatic N) is 2. The van der Waals surface area contributed by atoms with Gasteiger partial charge in [0.2, 0.25) is 0 Å². The van der Waals surface area contributed by atoms with E-state index in [4.69, 9.17) is 9.47 Å². The molecule has 0 spiro atoms. The zero-order valence-electron chi connectivity index (χ0n) is 14.5. The smallest absolute Gasteiger partial charge is 0.161 e. The Bertz CT molecular complexity index is 853. The highest BCUT2D eigenvalue weighted by Crippen LogP contribution is 2.32. The van der Waals surface area contributed by atoms with Crippen LogP contribution in [-0.4, -0.2) is 16.7 Å². The van der Waals surface area contributed by atoms with E-state index in [1.807, 2.05) is 36.0 Å². The van der Waals surface area contributed by atoms with Crippen molar-refractivity contribution in [1.82, 2.24) is 9.55 Å². The van der Waals surface area contributed by atoms with Gasteiger partial charge in [-0.2, -0.15) is 0 Å². The van der Waals surface area contributed by atoms with E-state index in [-0.39, 0.29) is 0 Å². The third-order valence-corrected chi connectivity index (χ3v) is 4.13. The van der Waals surface area contributed by atoms with Gasteiger partial charge in [0, 0.05) is 25.0 Å². The summed E-state index contributed by atoms with van der Waals surface area (Å²) in [6, 6.07) is 12.3. The van der Waals surface area contributed by atoms with Crippen molar-refractivity contribution in [2.45, 2.75) is 20.5 Å². The van der Waals surface area contributed by atoms with Crippen molar-refractivity contribution < 1.29 is 9.47 Å². The van der Waals surface area contributed by atoms with Crippen LogP contribution in [0.4, 0.5) is 0 Å². The van der Waals surface area contributed by atoms with Gasteiger partial charge in [-0.3, -0.25) is 0 Å². The molecule has 1 aromatic heterocycles. The first kappa shape index (κ1) is 16.1. The highest BCUT2D eigenvalue weighted by molar-refractivity contribution is 5.61. The minimum Gasteiger partial charge on any atom is -0.493 e. The molecule has 0 aliphatic rings. The summed E-state index contributed by atoms with van der Waals surface area (Å²) < 4.78 is 13.5. The van der Waals surface area contributed by atoms with Crippen LogP contribution in [0.15, 0.2) is 48.8 Å². The van der Waals surface area contributed by atoms with E-state index in [9.17, 15) is 0 Å². The average molecular weight is 322 g/mol. The van der Waals surface area contributed by atoms with E-state index < -0.39 is 0 Å². The second-order valence-electron chi connectivity index (χ2n) is 5.95. The maximum Gasteiger partial charge on any atom is 0.161 e. The number of methoxy groups -OCH3 is 1. The number of hydrogen-bond acceptors (Lipinski definition) is 3. The molecular weight excluding hydrogens is 300 g/mol. The topological polar surface area (TPSA) is 36.3 Å². The number of ether oxygens (including phenoxy) is 2. The van der Waals surface area contributed by atoms with E-state index in [1.165, 1.54) is 16.7 Å². The van der Waals surface area contributed by atoms with E-state index in [0.717, 1.165) is 17.1 Å². The largest absolute Gasteiger partial charge is 0.493 e. The Hall–Kier alpha value is -2.75. The van der Waals surface area contributed by atoms with Crippen LogP contribution in [0.5, 0.6) is 11.5 Å². The molecule has 2 aromatic carbocycles. The summed E-state index contributed by atoms with van der Waals surface area (Å²) in [7, 11) is 3.63. The highest BCUT2D eigenvalue weighted by atomic mass is 16.5. The van der Waals surface area contributed by atoms with Crippen LogP contribution in [0, 0.1) is 13.8 Å². The van der Waals surface area contributed by atoms with Crippen LogP contribution >= 0.6 is 0 Å². The number of aromatic nitrogens is 2. The summed E-state index contributed by atoms with van der Waals surface area (Å²) in [5.74, 6) is 2.34. The van der Waals surface area contributed by atoms with Crippen molar-refractivity contribution in [1.29, 1.82) is 0 Å². The van der Waals surface area contributed by atoms with Gasteiger partial charge >= 0.3 is 0 Å². The van der Waals surface area contributed by atoms with Crippen LogP contribution < -0.4 is 9.47 Å². The first-order valence-corrected chi connectivity index (χ1v) is 7.93. The van der Waals surface area contributed by atoms with Gasteiger partial charge in [0.1, 0.15) is 12.4 Å². The second kappa shape index (κ2) is 6.79. The van der Waals surface area contributed by atoms with Gasteiger partial charge in [0.05, 0.1) is 7.11 Å². The predicted molar refractivity (Wildman–Crippen MR) is 95.4 cm³/mol. The van der Waals surface area contributed by atoms with Gasteiger partial charge in [0.15, 0.2) is 11.5 Å². The maximum absolute atomic E-state index is 6.00. The normalized spacial score (nSPS) is 10.7. The monoisotopic (exact) mass is 322 g/mol. The Balaban J connectivity index is 1.83. The number of benzene rings is 2. The molecule has 124 valence electrons. The molecule has 0 amide bonds. The summed E-state index contributed by atoms with van der Waals surface area (Å²) >= 11 is 0. The summed E-state index contributed by atoms with van der Waals surface area (Å²) in [6.07, 6.45) is 3.71. The molecule has 1 heterocycles. The molecule has 0 bridgehead atoms. The fraction of sp³-hybridized carbons (Fsp3) is 0.250. The molecule has 24 heavy (non-hydrogen) atoms. The molecule has 0 aliphatic heterocycles. The molecule has 0 saturated carbocycles. The molecule has 0 fully saturated rings. The van der Waals surface area contributed by atoms with E-state index in [0.29, 0.717) is 12.4 Å². The minimum absolute atomic E-state index is 0.519. The average Bonchev–Trinajstić information content (AvgIpc) is 3.01. The maximum atomic E-state index is 6.00. The van der Waals surface area contributed by atoms with Crippen molar-refractivity contribution in [3.63, 3.8) is 0 Å². The lowest BCUT2D eigenvalue weighted by atomic mass is 10.1. The lowest BCUT2D eigenvalue weighted by molar-refractivity contribution is 0.284. The molecule has 0 atom stereocenters. The highest BCUT2D eigenvalue weighted by Gasteiger charge is 2.10. The van der Waals surface area contributed by atoms with Crippen LogP contribution in [0.3, 0.4) is 0 Å². The van der Waals surface area contributed by atoms with Crippen molar-refractivity contribution in [2.75, 3.05) is 7.11 Å². The molecule has 0 aliphatic carbocycles. The third kappa shape index (κ3) is 3.27. The zero-order valence-corrected chi connectivity index (χ0v) is 14.5. The first-order valence-electron chi connectivity index (χ1n) is 7.93. The van der Waals surface area contributed by atoms with Crippen molar-refractivity contribution in [3.05, 3.63) is 65.5 Å². The van der Waals surface area contributed by atoms with Gasteiger partial charge in [-0.15, -0.1) is 0 Å². The van der Waals surface area contributed by atoms with E-state index in [2.05, 4.69) is 37.0 Å². The van der Waals surface area contributed by atoms with Crippen molar-refractivity contribution in [3.8, 4) is 22.9 Å². The summed E-state index contributed by atoms with van der Waals surface area (Å²) in [6.45, 7) is 4.70. The SMILES string of the molecule is COc1cc(-c2nccn2C)ccc1OCc1cc(C)ccc1C. The minimum atomic E-state index is 0.519. The molecule has 0 N–H and O–H groups in total. The fourth-order valence-electron chi connectivity index (χ4n) is 2.68. The Kier molecular flexibility index (Phi) is 4.56. The lowest BCUT2D eigenvalue weighted by Crippen LogP contribution is -2.00. The summed E-state index contributed by atoms with van der Waals surface area (Å²) in [5, 5.41) is 0. The Morgan fingerprint density at radius 1 is 1.04 bits per heavy atom. The van der Waals surface area contributed by atoms with Crippen LogP contribution in [-0.2, 0) is 13.7 Å². The van der Waals surface area contributed by atoms with Crippen LogP contribution in [0.1, 0.15) is 16.7 Å². The van der Waals surface area contributed by atoms with E-state index in [1.54, 1.807) is 13.3 Å². The lowest BCUT2D eigenvalue weighted by Gasteiger charge is -2.14. The number of aryl methyl sites for hydroxylation is 3. The second-order valence-corrected chi connectivity index (χ2v) is 5.95. The summed E-state index contributed by atoms with van der Waals surface area (Å²) in [5.41, 5.74) is 4.64. The molecular formula is C20H22N2O2. The van der Waals surface area contributed by atoms with Gasteiger partial charge in [-0.05, 0) is 43.2 Å². The van der Waals surface area contributed by atoms with Gasteiger partial charge in [-0.1, -0.05) is 23.8 Å². The van der Waals surface area contributed by atoms with Crippen LogP contribution in [0.2, 0.25) is 0 Å². The summed E-state index contributed by atoms with van der Waals surface area (Å²) in [4.78, 5) is 4.37. The number of rotatable bonds is 5. The molecule has 3 rings (SSSR count). The Morgan fingerprint density at radius 2 is 1.88 bits per heavy atom. The quantitative estimate of drug-likeness (QED) is 0.703. The molecule has 0 saturated heterocycles. The third-order valence-electron chi connectivity index (χ3n) is 4.13. The Morgan fingerprint density at radius 3 is 2.58 bits per heavy atom. The van der Waals surface area contributed by atoms with E-state index >= 15 is 0 Å². The molecule has 4 heteroatoms. The van der Waals surface area contributed by atoms with Gasteiger partial charge in [-0.25, -0.2) is 4.98 Å². The van der Waals surface area contributed by atoms with Crippen LogP contribution in [0.25, 0.3) is 11.4 Å². The first-order chi connectivity index (χ1) is 11.6. The number of hydrogen-bond donors (Lipinski definition) is 0. The zero-order chi connectivity index (χ0) is 17.1.